The Hall–Kier alpha value is -0.910. The van der Waals surface area contributed by atoms with Crippen molar-refractivity contribution in [2.75, 3.05) is 14.2 Å². The Morgan fingerprint density at radius 3 is 2.65 bits per heavy atom. The van der Waals surface area contributed by atoms with E-state index in [1.807, 2.05) is 19.3 Å². The molecule has 106 valence electrons. The number of likely N-dealkylation sites (N-methyl/N-ethyl adjacent to an activating group) is 1. The van der Waals surface area contributed by atoms with Crippen LogP contribution in [-0.2, 0) is 6.42 Å². The first-order valence-corrected chi connectivity index (χ1v) is 7.82. The molecule has 0 saturated heterocycles. The van der Waals surface area contributed by atoms with Crippen LogP contribution in [0.15, 0.2) is 45.6 Å². The summed E-state index contributed by atoms with van der Waals surface area (Å²) in [5, 5.41) is 3.33. The summed E-state index contributed by atoms with van der Waals surface area (Å²) < 4.78 is 7.22. The van der Waals surface area contributed by atoms with Gasteiger partial charge >= 0.3 is 0 Å². The van der Waals surface area contributed by atoms with Crippen molar-refractivity contribution in [3.63, 3.8) is 0 Å². The van der Waals surface area contributed by atoms with Crippen molar-refractivity contribution in [1.29, 1.82) is 0 Å². The Kier molecular flexibility index (Phi) is 5.57. The summed E-state index contributed by atoms with van der Waals surface area (Å²) in [5.41, 5.74) is 2.39. The highest BCUT2D eigenvalue weighted by Crippen LogP contribution is 2.28. The first-order chi connectivity index (χ1) is 9.63. The minimum absolute atomic E-state index is 0.222. The molecule has 5 heteroatoms. The van der Waals surface area contributed by atoms with Gasteiger partial charge in [-0.05, 0) is 74.7 Å². The molecule has 0 spiro atoms. The average Bonchev–Trinajstić information content (AvgIpc) is 2.45. The largest absolute Gasteiger partial charge is 0.496 e. The number of halogens is 2. The summed E-state index contributed by atoms with van der Waals surface area (Å²) in [4.78, 5) is 4.22. The highest BCUT2D eigenvalue weighted by Gasteiger charge is 2.12. The van der Waals surface area contributed by atoms with E-state index in [-0.39, 0.29) is 6.04 Å². The lowest BCUT2D eigenvalue weighted by atomic mass is 10.0. The van der Waals surface area contributed by atoms with Crippen LogP contribution in [0, 0.1) is 0 Å². The molecule has 0 saturated carbocycles. The van der Waals surface area contributed by atoms with Crippen LogP contribution < -0.4 is 10.1 Å². The standard InChI is InChI=1S/C15H16Br2N2O/c1-18-14(11-7-12(16)9-19-8-11)6-10-3-4-15(20-2)13(17)5-10/h3-5,7-9,14,18H,6H2,1-2H3. The maximum absolute atomic E-state index is 5.25. The van der Waals surface area contributed by atoms with Crippen LogP contribution in [0.5, 0.6) is 5.75 Å². The molecule has 1 unspecified atom stereocenters. The van der Waals surface area contributed by atoms with E-state index in [4.69, 9.17) is 4.74 Å². The SMILES string of the molecule is CNC(Cc1ccc(OC)c(Br)c1)c1cncc(Br)c1. The fourth-order valence-corrected chi connectivity index (χ4v) is 3.05. The van der Waals surface area contributed by atoms with Gasteiger partial charge in [0.15, 0.2) is 0 Å². The van der Waals surface area contributed by atoms with Crippen molar-refractivity contribution in [3.8, 4) is 5.75 Å². The summed E-state index contributed by atoms with van der Waals surface area (Å²) in [6.45, 7) is 0. The molecule has 1 aromatic heterocycles. The average molecular weight is 400 g/mol. The van der Waals surface area contributed by atoms with Crippen molar-refractivity contribution in [3.05, 3.63) is 56.7 Å². The molecule has 20 heavy (non-hydrogen) atoms. The second kappa shape index (κ2) is 7.20. The van der Waals surface area contributed by atoms with E-state index in [1.165, 1.54) is 5.56 Å². The number of pyridine rings is 1. The maximum Gasteiger partial charge on any atom is 0.133 e. The van der Waals surface area contributed by atoms with Gasteiger partial charge in [-0.3, -0.25) is 4.98 Å². The van der Waals surface area contributed by atoms with Crippen LogP contribution in [0.4, 0.5) is 0 Å². The molecule has 2 rings (SSSR count). The Balaban J connectivity index is 2.20. The van der Waals surface area contributed by atoms with Gasteiger partial charge in [0.2, 0.25) is 0 Å². The van der Waals surface area contributed by atoms with Gasteiger partial charge in [0.05, 0.1) is 11.6 Å². The van der Waals surface area contributed by atoms with E-state index in [0.717, 1.165) is 26.7 Å². The molecule has 1 atom stereocenters. The lowest BCUT2D eigenvalue weighted by Crippen LogP contribution is -2.19. The van der Waals surface area contributed by atoms with Gasteiger partial charge in [-0.15, -0.1) is 0 Å². The van der Waals surface area contributed by atoms with Crippen LogP contribution >= 0.6 is 31.9 Å². The lowest BCUT2D eigenvalue weighted by molar-refractivity contribution is 0.412. The smallest absolute Gasteiger partial charge is 0.133 e. The van der Waals surface area contributed by atoms with E-state index in [1.54, 1.807) is 13.3 Å². The fraction of sp³-hybridized carbons (Fsp3) is 0.267. The summed E-state index contributed by atoms with van der Waals surface area (Å²) in [6, 6.07) is 8.46. The molecule has 1 aromatic carbocycles. The molecule has 0 aliphatic heterocycles. The number of methoxy groups -OCH3 is 1. The van der Waals surface area contributed by atoms with Gasteiger partial charge in [-0.1, -0.05) is 6.07 Å². The van der Waals surface area contributed by atoms with Crippen LogP contribution in [0.1, 0.15) is 17.2 Å². The zero-order valence-electron chi connectivity index (χ0n) is 11.4. The summed E-state index contributed by atoms with van der Waals surface area (Å²) in [7, 11) is 3.63. The van der Waals surface area contributed by atoms with E-state index < -0.39 is 0 Å². The first kappa shape index (κ1) is 15.5. The number of nitrogens with zero attached hydrogens (tertiary/aromatic N) is 1. The molecule has 0 fully saturated rings. The molecule has 1 N–H and O–H groups in total. The third-order valence-electron chi connectivity index (χ3n) is 3.13. The normalized spacial score (nSPS) is 12.2. The Labute approximate surface area is 136 Å². The van der Waals surface area contributed by atoms with E-state index >= 15 is 0 Å². The lowest BCUT2D eigenvalue weighted by Gasteiger charge is -2.17. The zero-order valence-corrected chi connectivity index (χ0v) is 14.5. The van der Waals surface area contributed by atoms with Crippen LogP contribution in [0.2, 0.25) is 0 Å². The maximum atomic E-state index is 5.25. The van der Waals surface area contributed by atoms with Gasteiger partial charge in [-0.2, -0.15) is 0 Å². The van der Waals surface area contributed by atoms with Crippen molar-refractivity contribution in [1.82, 2.24) is 10.3 Å². The second-order valence-corrected chi connectivity index (χ2v) is 6.22. The monoisotopic (exact) mass is 398 g/mol. The molecule has 0 radical (unpaired) electrons. The predicted octanol–water partition coefficient (Wildman–Crippen LogP) is 4.12. The summed E-state index contributed by atoms with van der Waals surface area (Å²) in [6.07, 6.45) is 4.57. The van der Waals surface area contributed by atoms with Gasteiger partial charge in [0.1, 0.15) is 5.75 Å². The van der Waals surface area contributed by atoms with Gasteiger partial charge < -0.3 is 10.1 Å². The highest BCUT2D eigenvalue weighted by molar-refractivity contribution is 9.10. The van der Waals surface area contributed by atoms with Crippen LogP contribution in [0.3, 0.4) is 0 Å². The molecule has 0 aliphatic carbocycles. The second-order valence-electron chi connectivity index (χ2n) is 4.45. The topological polar surface area (TPSA) is 34.1 Å². The van der Waals surface area contributed by atoms with Crippen molar-refractivity contribution >= 4 is 31.9 Å². The number of rotatable bonds is 5. The van der Waals surface area contributed by atoms with Gasteiger partial charge in [0, 0.05) is 22.9 Å². The molecule has 0 aliphatic rings. The Morgan fingerprint density at radius 1 is 1.25 bits per heavy atom. The minimum atomic E-state index is 0.222. The summed E-state index contributed by atoms with van der Waals surface area (Å²) >= 11 is 6.98. The third kappa shape index (κ3) is 3.81. The van der Waals surface area contributed by atoms with E-state index in [9.17, 15) is 0 Å². The molecule has 0 amide bonds. The Bertz CT molecular complexity index is 590. The molecular formula is C15H16Br2N2O. The predicted molar refractivity (Wildman–Crippen MR) is 88.1 cm³/mol. The van der Waals surface area contributed by atoms with Crippen LogP contribution in [-0.4, -0.2) is 19.1 Å². The quantitative estimate of drug-likeness (QED) is 0.821. The van der Waals surface area contributed by atoms with Gasteiger partial charge in [0.25, 0.3) is 0 Å². The van der Waals surface area contributed by atoms with Gasteiger partial charge in [-0.25, -0.2) is 0 Å². The first-order valence-electron chi connectivity index (χ1n) is 6.24. The number of nitrogens with one attached hydrogen (secondary N) is 1. The zero-order chi connectivity index (χ0) is 14.5. The number of aromatic nitrogens is 1. The number of hydrogen-bond donors (Lipinski definition) is 1. The molecular weight excluding hydrogens is 384 g/mol. The van der Waals surface area contributed by atoms with Crippen LogP contribution in [0.25, 0.3) is 0 Å². The molecule has 0 bridgehead atoms. The minimum Gasteiger partial charge on any atom is -0.496 e. The summed E-state index contributed by atoms with van der Waals surface area (Å²) in [5.74, 6) is 0.846. The third-order valence-corrected chi connectivity index (χ3v) is 4.19. The Morgan fingerprint density at radius 2 is 2.05 bits per heavy atom. The highest BCUT2D eigenvalue weighted by atomic mass is 79.9. The van der Waals surface area contributed by atoms with E-state index in [2.05, 4.69) is 60.4 Å². The van der Waals surface area contributed by atoms with E-state index in [0.29, 0.717) is 0 Å². The number of hydrogen-bond acceptors (Lipinski definition) is 3. The van der Waals surface area contributed by atoms with Crippen molar-refractivity contribution in [2.45, 2.75) is 12.5 Å². The molecule has 3 nitrogen and oxygen atoms in total. The van der Waals surface area contributed by atoms with Crippen molar-refractivity contribution < 1.29 is 4.74 Å². The number of ether oxygens (including phenoxy) is 1. The van der Waals surface area contributed by atoms with Crippen molar-refractivity contribution in [2.24, 2.45) is 0 Å². The fourth-order valence-electron chi connectivity index (χ4n) is 2.08. The number of benzene rings is 1. The molecule has 1 heterocycles. The molecule has 2 aromatic rings.